The lowest BCUT2D eigenvalue weighted by Gasteiger charge is -2.52. The highest BCUT2D eigenvalue weighted by atomic mass is 15.3. The Hall–Kier alpha value is -4.24. The lowest BCUT2D eigenvalue weighted by Crippen LogP contribution is -2.61. The van der Waals surface area contributed by atoms with Crippen molar-refractivity contribution in [2.24, 2.45) is 5.41 Å². The van der Waals surface area contributed by atoms with Crippen LogP contribution in [-0.2, 0) is 10.8 Å². The highest BCUT2D eigenvalue weighted by Gasteiger charge is 2.63. The monoisotopic (exact) mass is 676 g/mol. The summed E-state index contributed by atoms with van der Waals surface area (Å²) in [5.41, 5.74) is 21.5. The lowest BCUT2D eigenvalue weighted by atomic mass is 9.31. The summed E-state index contributed by atoms with van der Waals surface area (Å²) >= 11 is 0. The molecule has 258 valence electrons. The zero-order chi connectivity index (χ0) is 35.1. The van der Waals surface area contributed by atoms with Crippen molar-refractivity contribution in [2.45, 2.75) is 115 Å². The summed E-state index contributed by atoms with van der Waals surface area (Å²) in [5, 5.41) is 2.75. The van der Waals surface area contributed by atoms with E-state index in [-0.39, 0.29) is 28.5 Å². The number of hydrogen-bond acceptors (Lipinski definition) is 1. The number of rotatable bonds is 1. The van der Waals surface area contributed by atoms with Gasteiger partial charge in [-0.25, -0.2) is 0 Å². The van der Waals surface area contributed by atoms with E-state index in [0.717, 1.165) is 0 Å². The predicted molar refractivity (Wildman–Crippen MR) is 220 cm³/mol. The van der Waals surface area contributed by atoms with Gasteiger partial charge in [-0.1, -0.05) is 113 Å². The molecule has 3 aliphatic heterocycles. The smallest absolute Gasteiger partial charge is 0.247 e. The van der Waals surface area contributed by atoms with Gasteiger partial charge in [0.1, 0.15) is 0 Å². The van der Waals surface area contributed by atoms with Crippen LogP contribution in [0.25, 0.3) is 27.5 Å². The molecular weight excluding hydrogens is 627 g/mol. The predicted octanol–water partition coefficient (Wildman–Crippen LogP) is 10.3. The zero-order valence-corrected chi connectivity index (χ0v) is 31.8. The van der Waals surface area contributed by atoms with E-state index in [1.54, 1.807) is 33.2 Å². The minimum Gasteiger partial charge on any atom is -0.334 e. The van der Waals surface area contributed by atoms with E-state index in [0.29, 0.717) is 5.92 Å². The van der Waals surface area contributed by atoms with Crippen LogP contribution in [-0.4, -0.2) is 16.8 Å². The molecule has 1 aromatic heterocycles. The van der Waals surface area contributed by atoms with Gasteiger partial charge in [0.2, 0.25) is 6.71 Å². The van der Waals surface area contributed by atoms with E-state index in [9.17, 15) is 0 Å². The number of nitrogens with zero attached hydrogens (tertiary/aromatic N) is 2. The first kappa shape index (κ1) is 30.2. The van der Waals surface area contributed by atoms with E-state index in [4.69, 9.17) is 0 Å². The van der Waals surface area contributed by atoms with E-state index >= 15 is 0 Å². The molecule has 0 saturated heterocycles. The minimum atomic E-state index is 0.00378. The molecule has 0 radical (unpaired) electrons. The maximum Gasteiger partial charge on any atom is 0.247 e. The van der Waals surface area contributed by atoms with Gasteiger partial charge in [0.15, 0.2) is 0 Å². The van der Waals surface area contributed by atoms with Crippen LogP contribution in [0.5, 0.6) is 0 Å². The Morgan fingerprint density at radius 1 is 0.673 bits per heavy atom. The van der Waals surface area contributed by atoms with E-state index in [1.807, 2.05) is 0 Å². The third kappa shape index (κ3) is 3.14. The van der Waals surface area contributed by atoms with Crippen molar-refractivity contribution >= 4 is 56.3 Å². The number of aromatic nitrogens is 1. The van der Waals surface area contributed by atoms with Crippen molar-refractivity contribution in [3.05, 3.63) is 118 Å². The van der Waals surface area contributed by atoms with Gasteiger partial charge in [-0.15, -0.1) is 0 Å². The fourth-order valence-corrected chi connectivity index (χ4v) is 14.2. The maximum absolute atomic E-state index is 2.88. The molecule has 5 atom stereocenters. The van der Waals surface area contributed by atoms with Crippen molar-refractivity contribution in [3.8, 4) is 5.69 Å². The number of benzene rings is 5. The van der Waals surface area contributed by atoms with E-state index in [2.05, 4.69) is 136 Å². The van der Waals surface area contributed by atoms with E-state index < -0.39 is 0 Å². The average molecular weight is 677 g/mol. The number of fused-ring (bicyclic) bond motifs is 13. The van der Waals surface area contributed by atoms with Gasteiger partial charge in [0.25, 0.3) is 0 Å². The molecule has 12 rings (SSSR count). The van der Waals surface area contributed by atoms with Gasteiger partial charge < -0.3 is 9.47 Å². The standard InChI is InChI=1S/C49H49BN2/c1-29-25-30(2)42-39(26-29)52(49(6)24-12-11-23-48(42,49)5)31-27-34-43-41-35(46(3)21-9-10-22-47(43,46)4)17-14-18-36(41)50-37-19-13-16-33-32-15-7-8-20-38(32)51(45(33)37)40(28-31)44(34)50/h7-8,13-20,25-28,43H,9-12,21-24H2,1-6H3. The lowest BCUT2D eigenvalue weighted by molar-refractivity contribution is 0.0926. The topological polar surface area (TPSA) is 8.17 Å². The number of para-hydroxylation sites is 2. The van der Waals surface area contributed by atoms with Crippen molar-refractivity contribution in [3.63, 3.8) is 0 Å². The molecule has 5 aromatic carbocycles. The molecule has 0 N–H and O–H groups in total. The maximum atomic E-state index is 2.88. The largest absolute Gasteiger partial charge is 0.334 e. The number of hydrogen-bond donors (Lipinski definition) is 0. The van der Waals surface area contributed by atoms with Crippen LogP contribution in [0.15, 0.2) is 84.9 Å². The molecule has 2 fully saturated rings. The quantitative estimate of drug-likeness (QED) is 0.157. The Labute approximate surface area is 309 Å². The van der Waals surface area contributed by atoms with Crippen LogP contribution in [0, 0.1) is 19.3 Å². The Morgan fingerprint density at radius 2 is 1.40 bits per heavy atom. The fourth-order valence-electron chi connectivity index (χ4n) is 14.2. The van der Waals surface area contributed by atoms with Gasteiger partial charge in [-0.05, 0) is 126 Å². The Bertz CT molecular complexity index is 2610. The molecule has 0 spiro atoms. The molecule has 5 unspecified atom stereocenters. The molecule has 3 aliphatic carbocycles. The fraction of sp³-hybridized carbons (Fsp3) is 0.388. The SMILES string of the molecule is Cc1cc(C)c2c(c1)N(c1cc3c4c(c1)-n1c5ccccc5c5cccc(c51)B4c1cccc4c1C3C1(C)CCCCC41C)C1(C)CCCCC21C. The van der Waals surface area contributed by atoms with Gasteiger partial charge in [-0.2, -0.15) is 0 Å². The van der Waals surface area contributed by atoms with Gasteiger partial charge >= 0.3 is 0 Å². The Morgan fingerprint density at radius 3 is 2.27 bits per heavy atom. The second-order valence-corrected chi connectivity index (χ2v) is 18.8. The summed E-state index contributed by atoms with van der Waals surface area (Å²) in [7, 11) is 0. The summed E-state index contributed by atoms with van der Waals surface area (Å²) in [6.45, 7) is 15.5. The number of aryl methyl sites for hydroxylation is 2. The normalized spacial score (nSPS) is 30.3. The summed E-state index contributed by atoms with van der Waals surface area (Å²) < 4.78 is 2.70. The van der Waals surface area contributed by atoms with Crippen LogP contribution in [0.4, 0.5) is 11.4 Å². The van der Waals surface area contributed by atoms with Crippen molar-refractivity contribution in [1.29, 1.82) is 0 Å². The molecule has 52 heavy (non-hydrogen) atoms. The summed E-state index contributed by atoms with van der Waals surface area (Å²) in [4.78, 5) is 2.88. The van der Waals surface area contributed by atoms with Gasteiger partial charge in [-0.3, -0.25) is 0 Å². The molecule has 4 heterocycles. The molecular formula is C49H49BN2. The van der Waals surface area contributed by atoms with Gasteiger partial charge in [0, 0.05) is 44.7 Å². The van der Waals surface area contributed by atoms with Crippen LogP contribution >= 0.6 is 0 Å². The van der Waals surface area contributed by atoms with Crippen molar-refractivity contribution < 1.29 is 0 Å². The molecule has 6 aliphatic rings. The third-order valence-corrected chi connectivity index (χ3v) is 16.7. The van der Waals surface area contributed by atoms with Crippen molar-refractivity contribution in [1.82, 2.24) is 4.57 Å². The van der Waals surface area contributed by atoms with Crippen LogP contribution in [0.2, 0.25) is 0 Å². The molecule has 0 bridgehead atoms. The zero-order valence-electron chi connectivity index (χ0n) is 31.8. The first-order valence-electron chi connectivity index (χ1n) is 20.4. The molecule has 2 nitrogen and oxygen atoms in total. The van der Waals surface area contributed by atoms with Crippen LogP contribution < -0.4 is 21.3 Å². The minimum absolute atomic E-state index is 0.00378. The Kier molecular flexibility index (Phi) is 5.50. The summed E-state index contributed by atoms with van der Waals surface area (Å²) in [6.07, 6.45) is 10.3. The molecule has 0 amide bonds. The van der Waals surface area contributed by atoms with Crippen LogP contribution in [0.3, 0.4) is 0 Å². The highest BCUT2D eigenvalue weighted by molar-refractivity contribution is 6.99. The summed E-state index contributed by atoms with van der Waals surface area (Å²) in [5.74, 6) is 0.392. The second kappa shape index (κ2) is 9.46. The second-order valence-electron chi connectivity index (χ2n) is 18.8. The number of anilines is 2. The van der Waals surface area contributed by atoms with Crippen molar-refractivity contribution in [2.75, 3.05) is 4.90 Å². The molecule has 6 aromatic rings. The van der Waals surface area contributed by atoms with E-state index in [1.165, 1.54) is 107 Å². The first-order chi connectivity index (χ1) is 25.1. The molecule has 2 saturated carbocycles. The highest BCUT2D eigenvalue weighted by Crippen LogP contribution is 2.68. The summed E-state index contributed by atoms with van der Waals surface area (Å²) in [6, 6.07) is 34.2. The first-order valence-corrected chi connectivity index (χ1v) is 20.4. The van der Waals surface area contributed by atoms with Gasteiger partial charge in [0.05, 0.1) is 11.1 Å². The molecule has 3 heteroatoms. The Balaban J connectivity index is 1.25. The average Bonchev–Trinajstić information content (AvgIpc) is 3.66. The van der Waals surface area contributed by atoms with Crippen LogP contribution in [0.1, 0.15) is 118 Å². The third-order valence-electron chi connectivity index (χ3n) is 16.7.